The third-order valence-corrected chi connectivity index (χ3v) is 4.14. The van der Waals surface area contributed by atoms with E-state index in [0.717, 1.165) is 25.7 Å². The van der Waals surface area contributed by atoms with E-state index in [-0.39, 0.29) is 23.7 Å². The number of hydrogen-bond acceptors (Lipinski definition) is 4. The van der Waals surface area contributed by atoms with E-state index in [0.29, 0.717) is 5.75 Å². The number of methoxy groups -OCH3 is 1. The van der Waals surface area contributed by atoms with E-state index in [1.165, 1.54) is 19.2 Å². The highest BCUT2D eigenvalue weighted by Gasteiger charge is 2.40. The SMILES string of the molecule is COc1ccc(C(=O)O)c(NC(=O)C2(CN)CCCC2)c1. The van der Waals surface area contributed by atoms with Crippen molar-refractivity contribution in [2.75, 3.05) is 19.0 Å². The average molecular weight is 292 g/mol. The molecule has 0 heterocycles. The van der Waals surface area contributed by atoms with Crippen LogP contribution in [0.3, 0.4) is 0 Å². The van der Waals surface area contributed by atoms with Crippen LogP contribution in [-0.2, 0) is 4.79 Å². The summed E-state index contributed by atoms with van der Waals surface area (Å²) in [7, 11) is 1.49. The van der Waals surface area contributed by atoms with Crippen molar-refractivity contribution in [2.45, 2.75) is 25.7 Å². The smallest absolute Gasteiger partial charge is 0.337 e. The highest BCUT2D eigenvalue weighted by atomic mass is 16.5. The summed E-state index contributed by atoms with van der Waals surface area (Å²) in [4.78, 5) is 23.8. The molecule has 0 aromatic heterocycles. The Labute approximate surface area is 123 Å². The lowest BCUT2D eigenvalue weighted by Gasteiger charge is -2.26. The summed E-state index contributed by atoms with van der Waals surface area (Å²) in [6, 6.07) is 4.48. The molecule has 2 rings (SSSR count). The number of carboxylic acid groups (broad SMARTS) is 1. The van der Waals surface area contributed by atoms with Crippen molar-refractivity contribution >= 4 is 17.6 Å². The Kier molecular flexibility index (Phi) is 4.47. The summed E-state index contributed by atoms with van der Waals surface area (Å²) in [5.41, 5.74) is 5.47. The number of benzene rings is 1. The number of anilines is 1. The number of carbonyl (C=O) groups is 2. The first-order valence-corrected chi connectivity index (χ1v) is 6.95. The van der Waals surface area contributed by atoms with Gasteiger partial charge in [-0.15, -0.1) is 0 Å². The fourth-order valence-electron chi connectivity index (χ4n) is 2.77. The predicted molar refractivity (Wildman–Crippen MR) is 78.5 cm³/mol. The molecule has 0 saturated heterocycles. The molecular formula is C15H20N2O4. The van der Waals surface area contributed by atoms with Crippen molar-refractivity contribution < 1.29 is 19.4 Å². The van der Waals surface area contributed by atoms with Gasteiger partial charge in [0.15, 0.2) is 0 Å². The number of hydrogen-bond donors (Lipinski definition) is 3. The largest absolute Gasteiger partial charge is 0.497 e. The molecule has 0 spiro atoms. The van der Waals surface area contributed by atoms with Crippen molar-refractivity contribution in [1.82, 2.24) is 0 Å². The molecule has 1 aliphatic rings. The van der Waals surface area contributed by atoms with Gasteiger partial charge >= 0.3 is 5.97 Å². The van der Waals surface area contributed by atoms with E-state index in [1.807, 2.05) is 0 Å². The number of carboxylic acids is 1. The minimum Gasteiger partial charge on any atom is -0.497 e. The predicted octanol–water partition coefficient (Wildman–Crippen LogP) is 1.85. The topological polar surface area (TPSA) is 102 Å². The molecule has 0 aliphatic heterocycles. The Morgan fingerprint density at radius 2 is 2.05 bits per heavy atom. The van der Waals surface area contributed by atoms with E-state index in [9.17, 15) is 14.7 Å². The fraction of sp³-hybridized carbons (Fsp3) is 0.467. The molecule has 6 nitrogen and oxygen atoms in total. The van der Waals surface area contributed by atoms with Crippen LogP contribution in [0.25, 0.3) is 0 Å². The Morgan fingerprint density at radius 3 is 2.57 bits per heavy atom. The Bertz CT molecular complexity index is 551. The normalized spacial score (nSPS) is 16.5. The second-order valence-corrected chi connectivity index (χ2v) is 5.36. The number of rotatable bonds is 5. The van der Waals surface area contributed by atoms with E-state index >= 15 is 0 Å². The van der Waals surface area contributed by atoms with Gasteiger partial charge in [0, 0.05) is 12.6 Å². The first-order chi connectivity index (χ1) is 10.0. The van der Waals surface area contributed by atoms with E-state index in [2.05, 4.69) is 5.32 Å². The molecule has 4 N–H and O–H groups in total. The average Bonchev–Trinajstić information content (AvgIpc) is 2.97. The number of ether oxygens (including phenoxy) is 1. The minimum absolute atomic E-state index is 0.0364. The van der Waals surface area contributed by atoms with Gasteiger partial charge in [-0.25, -0.2) is 4.79 Å². The van der Waals surface area contributed by atoms with Gasteiger partial charge < -0.3 is 20.9 Å². The molecule has 1 fully saturated rings. The van der Waals surface area contributed by atoms with Crippen molar-refractivity contribution in [1.29, 1.82) is 0 Å². The first kappa shape index (κ1) is 15.3. The molecule has 0 unspecified atom stereocenters. The summed E-state index contributed by atoms with van der Waals surface area (Å²) >= 11 is 0. The van der Waals surface area contributed by atoms with Crippen LogP contribution in [0.15, 0.2) is 18.2 Å². The van der Waals surface area contributed by atoms with Crippen molar-refractivity contribution in [3.05, 3.63) is 23.8 Å². The van der Waals surface area contributed by atoms with Crippen LogP contribution < -0.4 is 15.8 Å². The zero-order chi connectivity index (χ0) is 15.5. The van der Waals surface area contributed by atoms with Crippen LogP contribution in [-0.4, -0.2) is 30.6 Å². The molecule has 1 aliphatic carbocycles. The second kappa shape index (κ2) is 6.13. The third kappa shape index (κ3) is 3.00. The Hall–Kier alpha value is -2.08. The van der Waals surface area contributed by atoms with Gasteiger partial charge in [0.25, 0.3) is 0 Å². The Morgan fingerprint density at radius 1 is 1.38 bits per heavy atom. The standard InChI is InChI=1S/C15H20N2O4/c1-21-10-4-5-11(13(18)19)12(8-10)17-14(20)15(9-16)6-2-3-7-15/h4-5,8H,2-3,6-7,9,16H2,1H3,(H,17,20)(H,18,19). The lowest BCUT2D eigenvalue weighted by molar-refractivity contribution is -0.124. The summed E-state index contributed by atoms with van der Waals surface area (Å²) < 4.78 is 5.08. The maximum atomic E-state index is 12.5. The highest BCUT2D eigenvalue weighted by molar-refractivity contribution is 6.02. The van der Waals surface area contributed by atoms with Crippen molar-refractivity contribution in [3.63, 3.8) is 0 Å². The number of nitrogens with two attached hydrogens (primary N) is 1. The lowest BCUT2D eigenvalue weighted by atomic mass is 9.85. The van der Waals surface area contributed by atoms with Crippen LogP contribution in [0.4, 0.5) is 5.69 Å². The van der Waals surface area contributed by atoms with Gasteiger partial charge in [-0.05, 0) is 25.0 Å². The van der Waals surface area contributed by atoms with Crippen LogP contribution in [0.2, 0.25) is 0 Å². The van der Waals surface area contributed by atoms with Gasteiger partial charge in [-0.3, -0.25) is 4.79 Å². The van der Waals surface area contributed by atoms with Crippen LogP contribution in [0.1, 0.15) is 36.0 Å². The molecule has 114 valence electrons. The minimum atomic E-state index is -1.10. The second-order valence-electron chi connectivity index (χ2n) is 5.36. The highest BCUT2D eigenvalue weighted by Crippen LogP contribution is 2.38. The van der Waals surface area contributed by atoms with Crippen LogP contribution in [0.5, 0.6) is 5.75 Å². The number of nitrogens with one attached hydrogen (secondary N) is 1. The van der Waals surface area contributed by atoms with Gasteiger partial charge in [0.1, 0.15) is 5.75 Å². The molecule has 1 aromatic rings. The maximum absolute atomic E-state index is 12.5. The zero-order valence-electron chi connectivity index (χ0n) is 12.0. The molecule has 0 atom stereocenters. The van der Waals surface area contributed by atoms with Crippen LogP contribution in [0, 0.1) is 5.41 Å². The zero-order valence-corrected chi connectivity index (χ0v) is 12.0. The summed E-state index contributed by atoms with van der Waals surface area (Å²) in [5, 5.41) is 11.9. The molecule has 0 radical (unpaired) electrons. The van der Waals surface area contributed by atoms with E-state index in [4.69, 9.17) is 10.5 Å². The summed E-state index contributed by atoms with van der Waals surface area (Å²) in [5.74, 6) is -0.817. The van der Waals surface area contributed by atoms with Gasteiger partial charge in [0.2, 0.25) is 5.91 Å². The number of amides is 1. The van der Waals surface area contributed by atoms with E-state index in [1.54, 1.807) is 6.07 Å². The lowest BCUT2D eigenvalue weighted by Crippen LogP contribution is -2.40. The van der Waals surface area contributed by atoms with E-state index < -0.39 is 11.4 Å². The molecule has 1 saturated carbocycles. The van der Waals surface area contributed by atoms with Crippen molar-refractivity contribution in [3.8, 4) is 5.75 Å². The third-order valence-electron chi connectivity index (χ3n) is 4.14. The quantitative estimate of drug-likeness (QED) is 0.768. The van der Waals surface area contributed by atoms with Gasteiger partial charge in [0.05, 0.1) is 23.8 Å². The molecule has 6 heteroatoms. The summed E-state index contributed by atoms with van der Waals surface area (Å²) in [6.07, 6.45) is 3.41. The van der Waals surface area contributed by atoms with Crippen molar-refractivity contribution in [2.24, 2.45) is 11.1 Å². The van der Waals surface area contributed by atoms with Gasteiger partial charge in [-0.2, -0.15) is 0 Å². The number of aromatic carboxylic acids is 1. The maximum Gasteiger partial charge on any atom is 0.337 e. The number of carbonyl (C=O) groups excluding carboxylic acids is 1. The monoisotopic (exact) mass is 292 g/mol. The van der Waals surface area contributed by atoms with Crippen LogP contribution >= 0.6 is 0 Å². The fourth-order valence-corrected chi connectivity index (χ4v) is 2.77. The van der Waals surface area contributed by atoms with Gasteiger partial charge in [-0.1, -0.05) is 12.8 Å². The molecule has 1 amide bonds. The molecule has 0 bridgehead atoms. The molecule has 1 aromatic carbocycles. The molecule has 21 heavy (non-hydrogen) atoms. The first-order valence-electron chi connectivity index (χ1n) is 6.95. The Balaban J connectivity index is 2.29. The molecular weight excluding hydrogens is 272 g/mol. The summed E-state index contributed by atoms with van der Waals surface area (Å²) in [6.45, 7) is 0.269.